The first kappa shape index (κ1) is 21.8. The van der Waals surface area contributed by atoms with Crippen LogP contribution < -0.4 is 4.80 Å². The molecule has 0 aliphatic carbocycles. The Hall–Kier alpha value is -1.86. The van der Waals surface area contributed by atoms with Crippen molar-refractivity contribution in [3.8, 4) is 0 Å². The summed E-state index contributed by atoms with van der Waals surface area (Å²) in [7, 11) is 0. The molecule has 1 aromatic carbocycles. The molecular formula is C22H29N3O2S2. The average Bonchev–Trinajstić information content (AvgIpc) is 2.97. The molecule has 2 atom stereocenters. The number of aromatic nitrogens is 1. The van der Waals surface area contributed by atoms with Gasteiger partial charge in [-0.3, -0.25) is 9.59 Å². The van der Waals surface area contributed by atoms with E-state index in [0.29, 0.717) is 28.9 Å². The molecule has 2 heterocycles. The standard InChI is InChI=1S/C22H29N3O2S2/c1-5-8-25-18-7-6-15(2)10-19(18)29-22(25)23-20(26)13-28-14-21(27)24-11-16(3)9-17(4)12-24/h5-7,10,16-17H,1,8-9,11-14H2,2-4H3. The molecule has 1 saturated heterocycles. The van der Waals surface area contributed by atoms with E-state index in [9.17, 15) is 9.59 Å². The van der Waals surface area contributed by atoms with Crippen LogP contribution in [0.5, 0.6) is 0 Å². The predicted molar refractivity (Wildman–Crippen MR) is 122 cm³/mol. The van der Waals surface area contributed by atoms with Gasteiger partial charge in [0.25, 0.3) is 5.91 Å². The molecule has 0 spiro atoms. The van der Waals surface area contributed by atoms with Crippen LogP contribution in [-0.2, 0) is 16.1 Å². The van der Waals surface area contributed by atoms with Gasteiger partial charge in [0.15, 0.2) is 4.80 Å². The number of likely N-dealkylation sites (tertiary alicyclic amines) is 1. The summed E-state index contributed by atoms with van der Waals surface area (Å²) >= 11 is 2.87. The van der Waals surface area contributed by atoms with Crippen LogP contribution >= 0.6 is 23.1 Å². The number of hydrogen-bond donors (Lipinski definition) is 0. The Kier molecular flexibility index (Phi) is 7.35. The van der Waals surface area contributed by atoms with E-state index in [1.165, 1.54) is 35.1 Å². The highest BCUT2D eigenvalue weighted by molar-refractivity contribution is 8.00. The third-order valence-electron chi connectivity index (χ3n) is 5.04. The van der Waals surface area contributed by atoms with Gasteiger partial charge < -0.3 is 9.47 Å². The van der Waals surface area contributed by atoms with Gasteiger partial charge in [-0.15, -0.1) is 18.3 Å². The number of aryl methyl sites for hydroxylation is 1. The lowest BCUT2D eigenvalue weighted by Crippen LogP contribution is -2.43. The monoisotopic (exact) mass is 431 g/mol. The number of piperidine rings is 1. The molecule has 1 fully saturated rings. The number of thioether (sulfide) groups is 1. The summed E-state index contributed by atoms with van der Waals surface area (Å²) in [5.74, 6) is 1.55. The highest BCUT2D eigenvalue weighted by atomic mass is 32.2. The Morgan fingerprint density at radius 1 is 1.28 bits per heavy atom. The second-order valence-electron chi connectivity index (χ2n) is 8.00. The lowest BCUT2D eigenvalue weighted by atomic mass is 9.92. The van der Waals surface area contributed by atoms with Crippen molar-refractivity contribution in [2.45, 2.75) is 33.7 Å². The molecule has 1 aromatic heterocycles. The largest absolute Gasteiger partial charge is 0.341 e. The first-order valence-electron chi connectivity index (χ1n) is 10.0. The molecule has 29 heavy (non-hydrogen) atoms. The number of carbonyl (C=O) groups is 2. The fourth-order valence-corrected chi connectivity index (χ4v) is 5.75. The number of rotatable bonds is 6. The van der Waals surface area contributed by atoms with Gasteiger partial charge in [-0.05, 0) is 42.9 Å². The second kappa shape index (κ2) is 9.76. The van der Waals surface area contributed by atoms with Crippen LogP contribution in [0.25, 0.3) is 10.2 Å². The third kappa shape index (κ3) is 5.60. The number of hydrogen-bond acceptors (Lipinski definition) is 4. The Balaban J connectivity index is 1.64. The van der Waals surface area contributed by atoms with Crippen molar-refractivity contribution in [2.24, 2.45) is 16.8 Å². The minimum Gasteiger partial charge on any atom is -0.341 e. The smallest absolute Gasteiger partial charge is 0.258 e. The van der Waals surface area contributed by atoms with Crippen molar-refractivity contribution in [1.29, 1.82) is 0 Å². The van der Waals surface area contributed by atoms with Crippen LogP contribution in [0.2, 0.25) is 0 Å². The predicted octanol–water partition coefficient (Wildman–Crippen LogP) is 3.86. The Labute approximate surface area is 180 Å². The van der Waals surface area contributed by atoms with E-state index in [1.807, 2.05) is 15.5 Å². The zero-order valence-electron chi connectivity index (χ0n) is 17.4. The molecule has 1 aliphatic rings. The number of thiazole rings is 1. The Morgan fingerprint density at radius 2 is 2.00 bits per heavy atom. The molecule has 5 nitrogen and oxygen atoms in total. The van der Waals surface area contributed by atoms with Gasteiger partial charge in [0.05, 0.1) is 21.7 Å². The molecule has 0 radical (unpaired) electrons. The molecule has 2 amide bonds. The minimum absolute atomic E-state index is 0.125. The van der Waals surface area contributed by atoms with Crippen molar-refractivity contribution in [1.82, 2.24) is 9.47 Å². The summed E-state index contributed by atoms with van der Waals surface area (Å²) in [4.78, 5) is 31.9. The Bertz CT molecular complexity index is 966. The van der Waals surface area contributed by atoms with Crippen molar-refractivity contribution >= 4 is 45.1 Å². The van der Waals surface area contributed by atoms with Gasteiger partial charge in [-0.2, -0.15) is 4.99 Å². The number of benzene rings is 1. The van der Waals surface area contributed by atoms with Crippen LogP contribution in [0, 0.1) is 18.8 Å². The normalized spacial score (nSPS) is 20.2. The zero-order chi connectivity index (χ0) is 21.0. The highest BCUT2D eigenvalue weighted by Gasteiger charge is 2.25. The van der Waals surface area contributed by atoms with Gasteiger partial charge in [-0.25, -0.2) is 0 Å². The quantitative estimate of drug-likeness (QED) is 0.653. The fourth-order valence-electron chi connectivity index (χ4n) is 3.89. The minimum atomic E-state index is -0.204. The molecule has 2 aromatic rings. The fraction of sp³-hybridized carbons (Fsp3) is 0.500. The average molecular weight is 432 g/mol. The van der Waals surface area contributed by atoms with E-state index >= 15 is 0 Å². The maximum absolute atomic E-state index is 12.5. The van der Waals surface area contributed by atoms with Gasteiger partial charge >= 0.3 is 0 Å². The van der Waals surface area contributed by atoms with E-state index in [1.54, 1.807) is 0 Å². The summed E-state index contributed by atoms with van der Waals surface area (Å²) in [5, 5.41) is 0. The molecule has 0 N–H and O–H groups in total. The van der Waals surface area contributed by atoms with Gasteiger partial charge in [0.1, 0.15) is 0 Å². The number of amides is 2. The lowest BCUT2D eigenvalue weighted by molar-refractivity contribution is -0.130. The second-order valence-corrected chi connectivity index (χ2v) is 9.99. The van der Waals surface area contributed by atoms with Gasteiger partial charge in [0, 0.05) is 19.6 Å². The van der Waals surface area contributed by atoms with Crippen LogP contribution in [-0.4, -0.2) is 45.9 Å². The SMILES string of the molecule is C=CCn1c(=NC(=O)CSCC(=O)N2CC(C)CC(C)C2)sc2cc(C)ccc21. The van der Waals surface area contributed by atoms with Crippen molar-refractivity contribution in [2.75, 3.05) is 24.6 Å². The summed E-state index contributed by atoms with van der Waals surface area (Å²) in [6.45, 7) is 12.5. The van der Waals surface area contributed by atoms with Gasteiger partial charge in [0.2, 0.25) is 5.91 Å². The number of nitrogens with zero attached hydrogens (tertiary/aromatic N) is 3. The van der Waals surface area contributed by atoms with Crippen molar-refractivity contribution in [3.05, 3.63) is 41.2 Å². The van der Waals surface area contributed by atoms with Crippen LogP contribution in [0.1, 0.15) is 25.8 Å². The van der Waals surface area contributed by atoms with E-state index in [0.717, 1.165) is 23.3 Å². The summed E-state index contributed by atoms with van der Waals surface area (Å²) in [5.41, 5.74) is 2.24. The maximum Gasteiger partial charge on any atom is 0.258 e. The number of allylic oxidation sites excluding steroid dienone is 1. The van der Waals surface area contributed by atoms with E-state index in [-0.39, 0.29) is 17.6 Å². The molecule has 0 saturated carbocycles. The van der Waals surface area contributed by atoms with Crippen LogP contribution in [0.3, 0.4) is 0 Å². The topological polar surface area (TPSA) is 54.7 Å². The summed E-state index contributed by atoms with van der Waals surface area (Å²) in [6, 6.07) is 6.23. The van der Waals surface area contributed by atoms with Crippen molar-refractivity contribution in [3.63, 3.8) is 0 Å². The molecular weight excluding hydrogens is 402 g/mol. The molecule has 3 rings (SSSR count). The Morgan fingerprint density at radius 3 is 2.69 bits per heavy atom. The third-order valence-corrected chi connectivity index (χ3v) is 6.99. The van der Waals surface area contributed by atoms with Gasteiger partial charge in [-0.1, -0.05) is 37.3 Å². The molecule has 2 unspecified atom stereocenters. The van der Waals surface area contributed by atoms with E-state index in [4.69, 9.17) is 0 Å². The maximum atomic E-state index is 12.5. The highest BCUT2D eigenvalue weighted by Crippen LogP contribution is 2.22. The van der Waals surface area contributed by atoms with Crippen LogP contribution in [0.15, 0.2) is 35.8 Å². The lowest BCUT2D eigenvalue weighted by Gasteiger charge is -2.35. The molecule has 156 valence electrons. The van der Waals surface area contributed by atoms with E-state index < -0.39 is 0 Å². The first-order valence-corrected chi connectivity index (χ1v) is 12.0. The zero-order valence-corrected chi connectivity index (χ0v) is 19.0. The molecule has 1 aliphatic heterocycles. The molecule has 0 bridgehead atoms. The van der Waals surface area contributed by atoms with Crippen molar-refractivity contribution < 1.29 is 9.59 Å². The van der Waals surface area contributed by atoms with Crippen LogP contribution in [0.4, 0.5) is 0 Å². The first-order chi connectivity index (χ1) is 13.9. The summed E-state index contributed by atoms with van der Waals surface area (Å²) < 4.78 is 3.12. The number of fused-ring (bicyclic) bond motifs is 1. The summed E-state index contributed by atoms with van der Waals surface area (Å²) in [6.07, 6.45) is 2.98. The number of carbonyl (C=O) groups excluding carboxylic acids is 2. The molecule has 7 heteroatoms. The van der Waals surface area contributed by atoms with E-state index in [2.05, 4.69) is 50.5 Å².